The summed E-state index contributed by atoms with van der Waals surface area (Å²) >= 11 is 0. The molecule has 1 N–H and O–H groups in total. The van der Waals surface area contributed by atoms with Crippen LogP contribution in [0.4, 0.5) is 16.2 Å². The standard InChI is InChI=1S/C16H25FN4O/c1-16(2,22)12-6-5-9-21(11-12)15-18-10-13(17)14(19-15)20-7-3-4-8-20/h10,12,22H,3-9,11H2,1-2H3/t12-/m0/s1. The van der Waals surface area contributed by atoms with Crippen molar-refractivity contribution in [1.29, 1.82) is 0 Å². The van der Waals surface area contributed by atoms with E-state index >= 15 is 0 Å². The monoisotopic (exact) mass is 308 g/mol. The molecule has 6 heteroatoms. The molecular weight excluding hydrogens is 283 g/mol. The number of hydrogen-bond acceptors (Lipinski definition) is 5. The quantitative estimate of drug-likeness (QED) is 0.928. The number of nitrogens with zero attached hydrogens (tertiary/aromatic N) is 4. The summed E-state index contributed by atoms with van der Waals surface area (Å²) < 4.78 is 14.0. The molecule has 0 aromatic carbocycles. The van der Waals surface area contributed by atoms with E-state index in [0.29, 0.717) is 18.3 Å². The lowest BCUT2D eigenvalue weighted by molar-refractivity contribution is 0.0108. The fraction of sp³-hybridized carbons (Fsp3) is 0.750. The van der Waals surface area contributed by atoms with Gasteiger partial charge in [0.15, 0.2) is 11.6 Å². The molecule has 1 aromatic heterocycles. The fourth-order valence-corrected chi connectivity index (χ4v) is 3.39. The second-order valence-corrected chi connectivity index (χ2v) is 6.97. The topological polar surface area (TPSA) is 52.5 Å². The van der Waals surface area contributed by atoms with E-state index in [9.17, 15) is 9.50 Å². The van der Waals surface area contributed by atoms with Crippen molar-refractivity contribution in [2.45, 2.75) is 45.1 Å². The molecule has 3 heterocycles. The van der Waals surface area contributed by atoms with E-state index in [1.165, 1.54) is 6.20 Å². The predicted octanol–water partition coefficient (Wildman–Crippen LogP) is 2.20. The van der Waals surface area contributed by atoms with Crippen molar-refractivity contribution < 1.29 is 9.50 Å². The molecule has 2 saturated heterocycles. The van der Waals surface area contributed by atoms with Gasteiger partial charge in [-0.2, -0.15) is 4.98 Å². The summed E-state index contributed by atoms with van der Waals surface area (Å²) in [6.45, 7) is 7.00. The Labute approximate surface area is 131 Å². The van der Waals surface area contributed by atoms with Crippen LogP contribution >= 0.6 is 0 Å². The average Bonchev–Trinajstić information content (AvgIpc) is 3.01. The summed E-state index contributed by atoms with van der Waals surface area (Å²) in [5.74, 6) is 0.844. The van der Waals surface area contributed by atoms with E-state index in [1.807, 2.05) is 18.7 Å². The summed E-state index contributed by atoms with van der Waals surface area (Å²) in [5.41, 5.74) is -0.712. The van der Waals surface area contributed by atoms with Gasteiger partial charge in [0.1, 0.15) is 0 Å². The molecule has 1 atom stereocenters. The predicted molar refractivity (Wildman–Crippen MR) is 84.7 cm³/mol. The van der Waals surface area contributed by atoms with Gasteiger partial charge in [-0.05, 0) is 39.5 Å². The molecule has 0 aliphatic carbocycles. The number of piperidine rings is 1. The van der Waals surface area contributed by atoms with Gasteiger partial charge in [0.2, 0.25) is 5.95 Å². The van der Waals surface area contributed by atoms with E-state index < -0.39 is 5.60 Å². The zero-order chi connectivity index (χ0) is 15.7. The Hall–Kier alpha value is -1.43. The largest absolute Gasteiger partial charge is 0.390 e. The van der Waals surface area contributed by atoms with Gasteiger partial charge in [0.25, 0.3) is 0 Å². The molecule has 0 amide bonds. The molecule has 0 bridgehead atoms. The van der Waals surface area contributed by atoms with Crippen LogP contribution in [0, 0.1) is 11.7 Å². The third-order valence-corrected chi connectivity index (χ3v) is 4.82. The molecule has 0 saturated carbocycles. The molecule has 3 rings (SSSR count). The number of aromatic nitrogens is 2. The van der Waals surface area contributed by atoms with Gasteiger partial charge in [-0.3, -0.25) is 0 Å². The minimum absolute atomic E-state index is 0.185. The highest BCUT2D eigenvalue weighted by Crippen LogP contribution is 2.30. The zero-order valence-electron chi connectivity index (χ0n) is 13.4. The van der Waals surface area contributed by atoms with Crippen LogP contribution in [0.3, 0.4) is 0 Å². The third-order valence-electron chi connectivity index (χ3n) is 4.82. The average molecular weight is 308 g/mol. The van der Waals surface area contributed by atoms with Crippen LogP contribution < -0.4 is 9.80 Å². The zero-order valence-corrected chi connectivity index (χ0v) is 13.4. The molecule has 2 aliphatic heterocycles. The normalized spacial score (nSPS) is 23.2. The van der Waals surface area contributed by atoms with Crippen LogP contribution in [0.2, 0.25) is 0 Å². The molecule has 5 nitrogen and oxygen atoms in total. The summed E-state index contributed by atoms with van der Waals surface area (Å²) in [6, 6.07) is 0. The molecule has 0 unspecified atom stereocenters. The molecule has 22 heavy (non-hydrogen) atoms. The number of rotatable bonds is 3. The first-order valence-electron chi connectivity index (χ1n) is 8.20. The Morgan fingerprint density at radius 2 is 1.86 bits per heavy atom. The van der Waals surface area contributed by atoms with E-state index in [2.05, 4.69) is 14.9 Å². The highest BCUT2D eigenvalue weighted by Gasteiger charge is 2.32. The second kappa shape index (κ2) is 5.99. The van der Waals surface area contributed by atoms with Crippen molar-refractivity contribution in [1.82, 2.24) is 9.97 Å². The maximum Gasteiger partial charge on any atom is 0.227 e. The number of halogens is 1. The van der Waals surface area contributed by atoms with Crippen molar-refractivity contribution >= 4 is 11.8 Å². The van der Waals surface area contributed by atoms with Gasteiger partial charge in [-0.15, -0.1) is 0 Å². The summed E-state index contributed by atoms with van der Waals surface area (Å²) in [6.07, 6.45) is 5.45. The van der Waals surface area contributed by atoms with Crippen LogP contribution in [0.25, 0.3) is 0 Å². The first-order valence-corrected chi connectivity index (χ1v) is 8.20. The van der Waals surface area contributed by atoms with E-state index in [-0.39, 0.29) is 11.7 Å². The van der Waals surface area contributed by atoms with E-state index in [4.69, 9.17) is 0 Å². The number of aliphatic hydroxyl groups is 1. The maximum absolute atomic E-state index is 14.0. The van der Waals surface area contributed by atoms with Crippen LogP contribution in [0.5, 0.6) is 0 Å². The molecule has 2 aliphatic rings. The Balaban J connectivity index is 1.80. The number of hydrogen-bond donors (Lipinski definition) is 1. The lowest BCUT2D eigenvalue weighted by atomic mass is 9.84. The highest BCUT2D eigenvalue weighted by molar-refractivity contribution is 5.46. The lowest BCUT2D eigenvalue weighted by Crippen LogP contribution is -2.45. The van der Waals surface area contributed by atoms with Crippen molar-refractivity contribution in [2.24, 2.45) is 5.92 Å². The molecule has 2 fully saturated rings. The second-order valence-electron chi connectivity index (χ2n) is 6.97. The van der Waals surface area contributed by atoms with Crippen molar-refractivity contribution in [2.75, 3.05) is 36.0 Å². The van der Waals surface area contributed by atoms with Gasteiger partial charge in [0.05, 0.1) is 11.8 Å². The first kappa shape index (κ1) is 15.5. The van der Waals surface area contributed by atoms with Gasteiger partial charge in [-0.25, -0.2) is 9.37 Å². The Morgan fingerprint density at radius 3 is 2.55 bits per heavy atom. The van der Waals surface area contributed by atoms with Crippen LogP contribution in [0.1, 0.15) is 39.5 Å². The van der Waals surface area contributed by atoms with Gasteiger partial charge in [0, 0.05) is 32.1 Å². The summed E-state index contributed by atoms with van der Waals surface area (Å²) in [4.78, 5) is 12.7. The molecular formula is C16H25FN4O. The van der Waals surface area contributed by atoms with E-state index in [0.717, 1.165) is 45.3 Å². The minimum atomic E-state index is -0.712. The van der Waals surface area contributed by atoms with Crippen LogP contribution in [-0.4, -0.2) is 46.9 Å². The van der Waals surface area contributed by atoms with Crippen molar-refractivity contribution in [3.8, 4) is 0 Å². The third kappa shape index (κ3) is 3.16. The summed E-state index contributed by atoms with van der Waals surface area (Å²) in [5, 5.41) is 10.2. The maximum atomic E-state index is 14.0. The van der Waals surface area contributed by atoms with Gasteiger partial charge < -0.3 is 14.9 Å². The summed E-state index contributed by atoms with van der Waals surface area (Å²) in [7, 11) is 0. The van der Waals surface area contributed by atoms with Crippen LogP contribution in [-0.2, 0) is 0 Å². The number of anilines is 2. The molecule has 122 valence electrons. The smallest absolute Gasteiger partial charge is 0.227 e. The molecule has 0 spiro atoms. The van der Waals surface area contributed by atoms with Crippen molar-refractivity contribution in [3.05, 3.63) is 12.0 Å². The highest BCUT2D eigenvalue weighted by atomic mass is 19.1. The van der Waals surface area contributed by atoms with Crippen LogP contribution in [0.15, 0.2) is 6.20 Å². The first-order chi connectivity index (χ1) is 10.4. The molecule has 1 aromatic rings. The Morgan fingerprint density at radius 1 is 1.18 bits per heavy atom. The lowest BCUT2D eigenvalue weighted by Gasteiger charge is -2.38. The minimum Gasteiger partial charge on any atom is -0.390 e. The SMILES string of the molecule is CC(C)(O)[C@H]1CCCN(c2ncc(F)c(N3CCCC3)n2)C1. The van der Waals surface area contributed by atoms with Crippen molar-refractivity contribution in [3.63, 3.8) is 0 Å². The Kier molecular flexibility index (Phi) is 4.21. The van der Waals surface area contributed by atoms with Gasteiger partial charge >= 0.3 is 0 Å². The Bertz CT molecular complexity index is 525. The van der Waals surface area contributed by atoms with E-state index in [1.54, 1.807) is 0 Å². The fourth-order valence-electron chi connectivity index (χ4n) is 3.39. The molecule has 0 radical (unpaired) electrons. The van der Waals surface area contributed by atoms with Gasteiger partial charge in [-0.1, -0.05) is 0 Å².